The van der Waals surface area contributed by atoms with Crippen molar-refractivity contribution in [1.29, 1.82) is 0 Å². The fourth-order valence-electron chi connectivity index (χ4n) is 4.52. The Labute approximate surface area is 213 Å². The summed E-state index contributed by atoms with van der Waals surface area (Å²) in [5, 5.41) is 12.3. The lowest BCUT2D eigenvalue weighted by Crippen LogP contribution is -2.38. The minimum absolute atomic E-state index is 0.0210. The standard InChI is InChI=1S/C30H36N2O4/c1-21(25-7-5-4-6-8-25)32(3)19-28-17-29(26-13-11-24(20-33)12-14-26)36-30(35-28)27-15-9-23(10-16-27)18-31-22(2)34/h4-16,21,28-30,33H,17-20H2,1-3H3,(H,31,34)/t21-,28+,29-,30-/m0/s1. The Morgan fingerprint density at radius 1 is 0.972 bits per heavy atom. The van der Waals surface area contributed by atoms with Crippen LogP contribution in [0.2, 0.25) is 0 Å². The van der Waals surface area contributed by atoms with Gasteiger partial charge in [0.05, 0.1) is 18.8 Å². The van der Waals surface area contributed by atoms with Gasteiger partial charge in [0, 0.05) is 38.0 Å². The third-order valence-electron chi connectivity index (χ3n) is 6.84. The zero-order chi connectivity index (χ0) is 25.5. The second-order valence-corrected chi connectivity index (χ2v) is 9.53. The third kappa shape index (κ3) is 6.80. The van der Waals surface area contributed by atoms with Crippen LogP contribution in [0.15, 0.2) is 78.9 Å². The summed E-state index contributed by atoms with van der Waals surface area (Å²) in [6.07, 6.45) is 0.0884. The van der Waals surface area contributed by atoms with Crippen LogP contribution in [0.1, 0.15) is 66.5 Å². The third-order valence-corrected chi connectivity index (χ3v) is 6.84. The molecular formula is C30H36N2O4. The van der Waals surface area contributed by atoms with Crippen LogP contribution in [0.4, 0.5) is 0 Å². The van der Waals surface area contributed by atoms with Crippen molar-refractivity contribution in [3.8, 4) is 0 Å². The van der Waals surface area contributed by atoms with Crippen molar-refractivity contribution in [3.63, 3.8) is 0 Å². The summed E-state index contributed by atoms with van der Waals surface area (Å²) in [6.45, 7) is 5.01. The molecule has 1 fully saturated rings. The quantitative estimate of drug-likeness (QED) is 0.441. The number of aliphatic hydroxyl groups excluding tert-OH is 1. The Balaban J connectivity index is 1.51. The van der Waals surface area contributed by atoms with Gasteiger partial charge in [0.2, 0.25) is 5.91 Å². The molecule has 36 heavy (non-hydrogen) atoms. The number of carbonyl (C=O) groups excluding carboxylic acids is 1. The highest BCUT2D eigenvalue weighted by atomic mass is 16.7. The van der Waals surface area contributed by atoms with Crippen LogP contribution in [0.25, 0.3) is 0 Å². The number of rotatable bonds is 9. The maximum atomic E-state index is 11.2. The van der Waals surface area contributed by atoms with E-state index in [1.54, 1.807) is 0 Å². The maximum Gasteiger partial charge on any atom is 0.217 e. The van der Waals surface area contributed by atoms with Crippen molar-refractivity contribution >= 4 is 5.91 Å². The zero-order valence-electron chi connectivity index (χ0n) is 21.3. The first-order valence-corrected chi connectivity index (χ1v) is 12.5. The van der Waals surface area contributed by atoms with Crippen molar-refractivity contribution in [2.75, 3.05) is 13.6 Å². The van der Waals surface area contributed by atoms with Crippen molar-refractivity contribution < 1.29 is 19.4 Å². The highest BCUT2D eigenvalue weighted by Gasteiger charge is 2.33. The van der Waals surface area contributed by atoms with Crippen molar-refractivity contribution in [2.45, 2.75) is 58.0 Å². The van der Waals surface area contributed by atoms with Gasteiger partial charge >= 0.3 is 0 Å². The molecule has 2 N–H and O–H groups in total. The van der Waals surface area contributed by atoms with Gasteiger partial charge in [0.15, 0.2) is 6.29 Å². The Kier molecular flexibility index (Phi) is 8.88. The van der Waals surface area contributed by atoms with E-state index in [0.717, 1.165) is 35.2 Å². The summed E-state index contributed by atoms with van der Waals surface area (Å²) in [4.78, 5) is 13.6. The number of nitrogens with zero attached hydrogens (tertiary/aromatic N) is 1. The number of aliphatic hydroxyl groups is 1. The van der Waals surface area contributed by atoms with E-state index in [1.165, 1.54) is 12.5 Å². The molecule has 6 nitrogen and oxygen atoms in total. The summed E-state index contributed by atoms with van der Waals surface area (Å²) in [5.41, 5.74) is 5.20. The summed E-state index contributed by atoms with van der Waals surface area (Å²) >= 11 is 0. The van der Waals surface area contributed by atoms with Crippen LogP contribution >= 0.6 is 0 Å². The molecular weight excluding hydrogens is 452 g/mol. The van der Waals surface area contributed by atoms with E-state index in [4.69, 9.17) is 9.47 Å². The molecule has 1 aliphatic heterocycles. The van der Waals surface area contributed by atoms with Crippen LogP contribution in [0.5, 0.6) is 0 Å². The first-order valence-electron chi connectivity index (χ1n) is 12.5. The molecule has 190 valence electrons. The van der Waals surface area contributed by atoms with Gasteiger partial charge in [-0.05, 0) is 36.2 Å². The molecule has 6 heteroatoms. The number of amides is 1. The van der Waals surface area contributed by atoms with Gasteiger partial charge in [-0.3, -0.25) is 9.69 Å². The maximum absolute atomic E-state index is 11.2. The van der Waals surface area contributed by atoms with Crippen molar-refractivity contribution in [3.05, 3.63) is 107 Å². The van der Waals surface area contributed by atoms with Gasteiger partial charge in [-0.2, -0.15) is 0 Å². The van der Waals surface area contributed by atoms with E-state index in [9.17, 15) is 9.90 Å². The number of hydrogen-bond acceptors (Lipinski definition) is 5. The van der Waals surface area contributed by atoms with E-state index in [2.05, 4.69) is 48.5 Å². The summed E-state index contributed by atoms with van der Waals surface area (Å²) in [7, 11) is 2.13. The molecule has 1 heterocycles. The van der Waals surface area contributed by atoms with Crippen molar-refractivity contribution in [1.82, 2.24) is 10.2 Å². The normalized spacial score (nSPS) is 20.8. The predicted molar refractivity (Wildman–Crippen MR) is 140 cm³/mol. The highest BCUT2D eigenvalue weighted by molar-refractivity contribution is 5.72. The molecule has 0 bridgehead atoms. The molecule has 3 aromatic carbocycles. The summed E-state index contributed by atoms with van der Waals surface area (Å²) in [5.74, 6) is -0.0511. The largest absolute Gasteiger partial charge is 0.392 e. The van der Waals surface area contributed by atoms with E-state index >= 15 is 0 Å². The molecule has 4 rings (SSSR count). The monoisotopic (exact) mass is 488 g/mol. The SMILES string of the molecule is CC(=O)NCc1ccc([C@H]2O[C@@H](CN(C)[C@@H](C)c3ccccc3)C[C@@H](c3ccc(CO)cc3)O2)cc1. The topological polar surface area (TPSA) is 71.0 Å². The molecule has 0 aromatic heterocycles. The van der Waals surface area contributed by atoms with Crippen LogP contribution in [-0.2, 0) is 27.4 Å². The second kappa shape index (κ2) is 12.3. The minimum Gasteiger partial charge on any atom is -0.392 e. The average molecular weight is 489 g/mol. The highest BCUT2D eigenvalue weighted by Crippen LogP contribution is 2.38. The first kappa shape index (κ1) is 26.0. The summed E-state index contributed by atoms with van der Waals surface area (Å²) in [6, 6.07) is 26.7. The number of nitrogens with one attached hydrogen (secondary N) is 1. The molecule has 3 aromatic rings. The zero-order valence-corrected chi connectivity index (χ0v) is 21.3. The number of ether oxygens (including phenoxy) is 2. The molecule has 1 amide bonds. The lowest BCUT2D eigenvalue weighted by atomic mass is 9.99. The van der Waals surface area contributed by atoms with Crippen LogP contribution in [-0.4, -0.2) is 35.6 Å². The molecule has 1 saturated heterocycles. The van der Waals surface area contributed by atoms with E-state index < -0.39 is 6.29 Å². The minimum atomic E-state index is -0.499. The molecule has 0 radical (unpaired) electrons. The summed E-state index contributed by atoms with van der Waals surface area (Å²) < 4.78 is 12.9. The van der Waals surface area contributed by atoms with Crippen molar-refractivity contribution in [2.24, 2.45) is 0 Å². The number of likely N-dealkylation sites (N-methyl/N-ethyl adjacent to an activating group) is 1. The lowest BCUT2D eigenvalue weighted by molar-refractivity contribution is -0.253. The van der Waals surface area contributed by atoms with Gasteiger partial charge in [0.1, 0.15) is 0 Å². The Bertz CT molecular complexity index is 1100. The molecule has 0 spiro atoms. The van der Waals surface area contributed by atoms with Gasteiger partial charge in [0.25, 0.3) is 0 Å². The number of hydrogen-bond donors (Lipinski definition) is 2. The second-order valence-electron chi connectivity index (χ2n) is 9.53. The van der Waals surface area contributed by atoms with Gasteiger partial charge < -0.3 is 19.9 Å². The van der Waals surface area contributed by atoms with Gasteiger partial charge in [-0.25, -0.2) is 0 Å². The van der Waals surface area contributed by atoms with E-state index in [0.29, 0.717) is 6.54 Å². The Hall–Kier alpha value is -3.03. The fourth-order valence-corrected chi connectivity index (χ4v) is 4.52. The van der Waals surface area contributed by atoms with Gasteiger partial charge in [-0.15, -0.1) is 0 Å². The molecule has 4 atom stereocenters. The smallest absolute Gasteiger partial charge is 0.217 e. The molecule has 0 aliphatic carbocycles. The predicted octanol–water partition coefficient (Wildman–Crippen LogP) is 5.05. The number of benzene rings is 3. The first-order chi connectivity index (χ1) is 17.4. The lowest BCUT2D eigenvalue weighted by Gasteiger charge is -2.39. The average Bonchev–Trinajstić information content (AvgIpc) is 2.92. The van der Waals surface area contributed by atoms with Crippen LogP contribution in [0.3, 0.4) is 0 Å². The van der Waals surface area contributed by atoms with E-state index in [-0.39, 0.29) is 30.8 Å². The molecule has 1 aliphatic rings. The molecule has 0 unspecified atom stereocenters. The van der Waals surface area contributed by atoms with Crippen LogP contribution in [0, 0.1) is 0 Å². The van der Waals surface area contributed by atoms with Gasteiger partial charge in [-0.1, -0.05) is 78.9 Å². The molecule has 0 saturated carbocycles. The van der Waals surface area contributed by atoms with E-state index in [1.807, 2.05) is 54.6 Å². The van der Waals surface area contributed by atoms with Crippen LogP contribution < -0.4 is 5.32 Å². The fraction of sp³-hybridized carbons (Fsp3) is 0.367. The Morgan fingerprint density at radius 2 is 1.61 bits per heavy atom. The Morgan fingerprint density at radius 3 is 2.25 bits per heavy atom. The number of carbonyl (C=O) groups is 1.